The van der Waals surface area contributed by atoms with Crippen molar-refractivity contribution in [3.05, 3.63) is 74.9 Å². The Morgan fingerprint density at radius 1 is 1.29 bits per heavy atom. The Morgan fingerprint density at radius 3 is 2.89 bits per heavy atom. The molecule has 0 aliphatic heterocycles. The molecule has 8 heteroatoms. The lowest BCUT2D eigenvalue weighted by Gasteiger charge is -2.16. The van der Waals surface area contributed by atoms with E-state index in [9.17, 15) is 9.59 Å². The number of aromatic amines is 1. The first kappa shape index (κ1) is 18.1. The number of amides is 1. The molecule has 28 heavy (non-hydrogen) atoms. The molecule has 0 atom stereocenters. The summed E-state index contributed by atoms with van der Waals surface area (Å²) in [6, 6.07) is 9.75. The van der Waals surface area contributed by atoms with E-state index in [4.69, 9.17) is 0 Å². The van der Waals surface area contributed by atoms with E-state index >= 15 is 0 Å². The van der Waals surface area contributed by atoms with Gasteiger partial charge in [-0.3, -0.25) is 9.59 Å². The molecule has 0 aliphatic rings. The van der Waals surface area contributed by atoms with E-state index < -0.39 is 0 Å². The topological polar surface area (TPSA) is 83.9 Å². The highest BCUT2D eigenvalue weighted by Gasteiger charge is 2.20. The maximum absolute atomic E-state index is 12.9. The van der Waals surface area contributed by atoms with Gasteiger partial charge in [0.1, 0.15) is 10.5 Å². The number of thiophene rings is 1. The van der Waals surface area contributed by atoms with Gasteiger partial charge in [0.15, 0.2) is 0 Å². The molecule has 7 nitrogen and oxygen atoms in total. The van der Waals surface area contributed by atoms with E-state index in [0.29, 0.717) is 21.6 Å². The minimum atomic E-state index is -0.181. The molecule has 0 fully saturated rings. The van der Waals surface area contributed by atoms with Crippen molar-refractivity contribution in [3.63, 3.8) is 0 Å². The minimum Gasteiger partial charge on any atom is -0.334 e. The van der Waals surface area contributed by atoms with Gasteiger partial charge in [-0.15, -0.1) is 11.3 Å². The van der Waals surface area contributed by atoms with Gasteiger partial charge in [-0.05, 0) is 43.0 Å². The second-order valence-electron chi connectivity index (χ2n) is 6.70. The summed E-state index contributed by atoms with van der Waals surface area (Å²) in [6.45, 7) is 4.09. The Labute approximate surface area is 165 Å². The van der Waals surface area contributed by atoms with Gasteiger partial charge >= 0.3 is 0 Å². The zero-order valence-electron chi connectivity index (χ0n) is 15.8. The van der Waals surface area contributed by atoms with Gasteiger partial charge in [-0.25, -0.2) is 9.67 Å². The lowest BCUT2D eigenvalue weighted by atomic mass is 10.2. The van der Waals surface area contributed by atoms with Crippen LogP contribution in [0.25, 0.3) is 15.9 Å². The van der Waals surface area contributed by atoms with Crippen LogP contribution in [0.1, 0.15) is 27.4 Å². The fraction of sp³-hybridized carbons (Fsp3) is 0.200. The summed E-state index contributed by atoms with van der Waals surface area (Å²) >= 11 is 1.35. The summed E-state index contributed by atoms with van der Waals surface area (Å²) in [6.07, 6.45) is 1.58. The number of rotatable bonds is 4. The highest BCUT2D eigenvalue weighted by Crippen LogP contribution is 2.18. The fourth-order valence-corrected chi connectivity index (χ4v) is 3.86. The highest BCUT2D eigenvalue weighted by molar-refractivity contribution is 7.17. The quantitative estimate of drug-likeness (QED) is 0.578. The molecular formula is C20H19N5O2S. The van der Waals surface area contributed by atoms with Crippen molar-refractivity contribution < 1.29 is 4.79 Å². The standard InChI is InChI=1S/C20H19N5O2S/c1-12-5-4-6-14(9-12)25-13(2)15(10-21-25)20(27)24(3)11-17-22-16-7-8-28-18(16)19(26)23-17/h4-10H,11H2,1-3H3,(H,22,23,26). The molecule has 4 aromatic rings. The van der Waals surface area contributed by atoms with Crippen LogP contribution in [-0.4, -0.2) is 37.6 Å². The average molecular weight is 393 g/mol. The maximum Gasteiger partial charge on any atom is 0.268 e. The smallest absolute Gasteiger partial charge is 0.268 e. The van der Waals surface area contributed by atoms with E-state index in [1.807, 2.05) is 43.5 Å². The number of carbonyl (C=O) groups is 1. The first-order chi connectivity index (χ1) is 13.4. The molecular weight excluding hydrogens is 374 g/mol. The Hall–Kier alpha value is -3.26. The normalized spacial score (nSPS) is 11.1. The average Bonchev–Trinajstić information content (AvgIpc) is 3.28. The van der Waals surface area contributed by atoms with E-state index in [0.717, 1.165) is 16.9 Å². The zero-order chi connectivity index (χ0) is 19.8. The number of H-pyrrole nitrogens is 1. The Balaban J connectivity index is 1.59. The SMILES string of the molecule is Cc1cccc(-n2ncc(C(=O)N(C)Cc3nc4ccsc4c(=O)[nH]3)c2C)c1. The van der Waals surface area contributed by atoms with Gasteiger partial charge in [0, 0.05) is 7.05 Å². The van der Waals surface area contributed by atoms with Crippen LogP contribution < -0.4 is 5.56 Å². The van der Waals surface area contributed by atoms with E-state index in [-0.39, 0.29) is 18.0 Å². The molecule has 3 heterocycles. The second-order valence-corrected chi connectivity index (χ2v) is 7.62. The molecule has 0 aliphatic carbocycles. The highest BCUT2D eigenvalue weighted by atomic mass is 32.1. The Kier molecular flexibility index (Phi) is 4.56. The molecule has 142 valence electrons. The molecule has 0 radical (unpaired) electrons. The van der Waals surface area contributed by atoms with Crippen molar-refractivity contribution in [1.29, 1.82) is 0 Å². The monoisotopic (exact) mass is 393 g/mol. The molecule has 1 aromatic carbocycles. The summed E-state index contributed by atoms with van der Waals surface area (Å²) in [5.74, 6) is 0.278. The molecule has 4 rings (SSSR count). The number of aryl methyl sites for hydroxylation is 1. The molecule has 0 bridgehead atoms. The molecule has 1 amide bonds. The molecule has 0 unspecified atom stereocenters. The van der Waals surface area contributed by atoms with Crippen LogP contribution in [0.15, 0.2) is 46.7 Å². The number of fused-ring (bicyclic) bond motifs is 1. The van der Waals surface area contributed by atoms with Gasteiger partial charge in [-0.2, -0.15) is 5.10 Å². The van der Waals surface area contributed by atoms with Crippen LogP contribution in [-0.2, 0) is 6.54 Å². The summed E-state index contributed by atoms with van der Waals surface area (Å²) < 4.78 is 2.35. The number of hydrogen-bond donors (Lipinski definition) is 1. The van der Waals surface area contributed by atoms with Crippen LogP contribution in [0.5, 0.6) is 0 Å². The van der Waals surface area contributed by atoms with E-state index in [2.05, 4.69) is 15.1 Å². The summed E-state index contributed by atoms with van der Waals surface area (Å²) in [5, 5.41) is 6.21. The van der Waals surface area contributed by atoms with Crippen LogP contribution in [0.4, 0.5) is 0 Å². The van der Waals surface area contributed by atoms with Crippen LogP contribution in [0.2, 0.25) is 0 Å². The lowest BCUT2D eigenvalue weighted by Crippen LogP contribution is -2.28. The van der Waals surface area contributed by atoms with Crippen LogP contribution in [0, 0.1) is 13.8 Å². The Morgan fingerprint density at radius 2 is 2.11 bits per heavy atom. The minimum absolute atomic E-state index is 0.176. The van der Waals surface area contributed by atoms with Crippen molar-refractivity contribution in [3.8, 4) is 5.69 Å². The van der Waals surface area contributed by atoms with Crippen molar-refractivity contribution in [1.82, 2.24) is 24.6 Å². The summed E-state index contributed by atoms with van der Waals surface area (Å²) in [5.41, 5.74) is 3.77. The van der Waals surface area contributed by atoms with E-state index in [1.54, 1.807) is 24.0 Å². The third-order valence-electron chi connectivity index (χ3n) is 4.58. The van der Waals surface area contributed by atoms with Crippen molar-refractivity contribution in [2.45, 2.75) is 20.4 Å². The number of aromatic nitrogens is 4. The van der Waals surface area contributed by atoms with Crippen molar-refractivity contribution in [2.24, 2.45) is 0 Å². The number of nitrogens with zero attached hydrogens (tertiary/aromatic N) is 4. The lowest BCUT2D eigenvalue weighted by molar-refractivity contribution is 0.0781. The third-order valence-corrected chi connectivity index (χ3v) is 5.49. The largest absolute Gasteiger partial charge is 0.334 e. The zero-order valence-corrected chi connectivity index (χ0v) is 16.6. The van der Waals surface area contributed by atoms with Gasteiger partial charge in [-0.1, -0.05) is 12.1 Å². The Bertz CT molecular complexity index is 1240. The summed E-state index contributed by atoms with van der Waals surface area (Å²) in [7, 11) is 1.68. The number of nitrogens with one attached hydrogen (secondary N) is 1. The van der Waals surface area contributed by atoms with Gasteiger partial charge in [0.25, 0.3) is 11.5 Å². The molecule has 0 spiro atoms. The third kappa shape index (κ3) is 3.22. The van der Waals surface area contributed by atoms with Gasteiger partial charge < -0.3 is 9.88 Å². The molecule has 1 N–H and O–H groups in total. The first-order valence-electron chi connectivity index (χ1n) is 8.77. The first-order valence-corrected chi connectivity index (χ1v) is 9.65. The van der Waals surface area contributed by atoms with Crippen molar-refractivity contribution in [2.75, 3.05) is 7.05 Å². The van der Waals surface area contributed by atoms with Crippen LogP contribution >= 0.6 is 11.3 Å². The molecule has 0 saturated carbocycles. The summed E-state index contributed by atoms with van der Waals surface area (Å²) in [4.78, 5) is 33.8. The number of benzene rings is 1. The van der Waals surface area contributed by atoms with Gasteiger partial charge in [0.2, 0.25) is 0 Å². The van der Waals surface area contributed by atoms with Crippen molar-refractivity contribution >= 4 is 27.5 Å². The predicted molar refractivity (Wildman–Crippen MR) is 109 cm³/mol. The second kappa shape index (κ2) is 7.05. The van der Waals surface area contributed by atoms with Crippen LogP contribution in [0.3, 0.4) is 0 Å². The molecule has 3 aromatic heterocycles. The fourth-order valence-electron chi connectivity index (χ4n) is 3.14. The number of hydrogen-bond acceptors (Lipinski definition) is 5. The predicted octanol–water partition coefficient (Wildman–Crippen LogP) is 3.06. The maximum atomic E-state index is 12.9. The van der Waals surface area contributed by atoms with E-state index in [1.165, 1.54) is 16.2 Å². The van der Waals surface area contributed by atoms with Gasteiger partial charge in [0.05, 0.1) is 35.2 Å². The number of carbonyl (C=O) groups excluding carboxylic acids is 1. The molecule has 0 saturated heterocycles.